The maximum Gasteiger partial charge on any atom is 0.203 e. The maximum absolute atomic E-state index is 4.56. The number of hydrogen-bond acceptors (Lipinski definition) is 3. The molecule has 0 bridgehead atoms. The summed E-state index contributed by atoms with van der Waals surface area (Å²) in [6.45, 7) is 10.1. The van der Waals surface area contributed by atoms with Crippen molar-refractivity contribution in [3.8, 4) is 0 Å². The summed E-state index contributed by atoms with van der Waals surface area (Å²) in [6, 6.07) is 1.17. The molecule has 1 aromatic heterocycles. The zero-order valence-corrected chi connectivity index (χ0v) is 11.7. The molecule has 1 aliphatic heterocycles. The first-order chi connectivity index (χ1) is 8.60. The van der Waals surface area contributed by atoms with Crippen molar-refractivity contribution >= 4 is 5.95 Å². The molecular formula is C14H24N4. The second-order valence-corrected chi connectivity index (χ2v) is 5.34. The summed E-state index contributed by atoms with van der Waals surface area (Å²) in [5.74, 6) is 0.981. The van der Waals surface area contributed by atoms with Gasteiger partial charge in [0.2, 0.25) is 5.95 Å². The van der Waals surface area contributed by atoms with Crippen molar-refractivity contribution in [2.45, 2.75) is 45.3 Å². The van der Waals surface area contributed by atoms with Crippen LogP contribution >= 0.6 is 0 Å². The van der Waals surface area contributed by atoms with Gasteiger partial charge in [-0.2, -0.15) is 0 Å². The van der Waals surface area contributed by atoms with Gasteiger partial charge in [0.25, 0.3) is 0 Å². The molecule has 0 spiro atoms. The first kappa shape index (κ1) is 13.1. The number of piperidine rings is 1. The largest absolute Gasteiger partial charge is 0.353 e. The SMILES string of the molecule is C=CCn1cc(C)nc1NC1CCN(C)C(C)C1. The third-order valence-corrected chi connectivity index (χ3v) is 3.76. The molecular weight excluding hydrogens is 224 g/mol. The highest BCUT2D eigenvalue weighted by molar-refractivity contribution is 5.31. The first-order valence-electron chi connectivity index (χ1n) is 6.71. The molecule has 0 aromatic carbocycles. The minimum atomic E-state index is 0.529. The second-order valence-electron chi connectivity index (χ2n) is 5.34. The summed E-state index contributed by atoms with van der Waals surface area (Å²) in [5, 5.41) is 3.58. The number of rotatable bonds is 4. The Bertz CT molecular complexity index is 410. The zero-order chi connectivity index (χ0) is 13.1. The van der Waals surface area contributed by atoms with Gasteiger partial charge >= 0.3 is 0 Å². The molecule has 2 atom stereocenters. The van der Waals surface area contributed by atoms with Gasteiger partial charge in [-0.05, 0) is 33.7 Å². The average molecular weight is 248 g/mol. The van der Waals surface area contributed by atoms with Crippen LogP contribution in [0.5, 0.6) is 0 Å². The Morgan fingerprint density at radius 1 is 1.61 bits per heavy atom. The van der Waals surface area contributed by atoms with Gasteiger partial charge < -0.3 is 14.8 Å². The van der Waals surface area contributed by atoms with Crippen LogP contribution in [0, 0.1) is 6.92 Å². The predicted molar refractivity (Wildman–Crippen MR) is 75.9 cm³/mol. The van der Waals surface area contributed by atoms with Crippen molar-refractivity contribution < 1.29 is 0 Å². The fraction of sp³-hybridized carbons (Fsp3) is 0.643. The van der Waals surface area contributed by atoms with E-state index in [1.807, 2.05) is 13.0 Å². The lowest BCUT2D eigenvalue weighted by atomic mass is 9.99. The van der Waals surface area contributed by atoms with Gasteiger partial charge in [-0.25, -0.2) is 4.98 Å². The Labute approximate surface area is 110 Å². The first-order valence-corrected chi connectivity index (χ1v) is 6.71. The number of nitrogens with zero attached hydrogens (tertiary/aromatic N) is 3. The summed E-state index contributed by atoms with van der Waals surface area (Å²) in [4.78, 5) is 6.97. The molecule has 1 aliphatic rings. The van der Waals surface area contributed by atoms with Crippen LogP contribution in [0.1, 0.15) is 25.5 Å². The Balaban J connectivity index is 2.02. The highest BCUT2D eigenvalue weighted by atomic mass is 15.2. The molecule has 1 fully saturated rings. The zero-order valence-electron chi connectivity index (χ0n) is 11.7. The molecule has 2 heterocycles. The summed E-state index contributed by atoms with van der Waals surface area (Å²) < 4.78 is 2.13. The van der Waals surface area contributed by atoms with Crippen molar-refractivity contribution in [3.63, 3.8) is 0 Å². The summed E-state index contributed by atoms with van der Waals surface area (Å²) in [6.07, 6.45) is 6.34. The van der Waals surface area contributed by atoms with E-state index < -0.39 is 0 Å². The van der Waals surface area contributed by atoms with Gasteiger partial charge in [-0.15, -0.1) is 6.58 Å². The third kappa shape index (κ3) is 2.93. The molecule has 0 saturated carbocycles. The molecule has 1 aromatic rings. The summed E-state index contributed by atoms with van der Waals surface area (Å²) in [7, 11) is 2.20. The second kappa shape index (κ2) is 5.57. The molecule has 2 rings (SSSR count). The molecule has 0 aliphatic carbocycles. The van der Waals surface area contributed by atoms with Gasteiger partial charge in [-0.1, -0.05) is 6.08 Å². The summed E-state index contributed by atoms with van der Waals surface area (Å²) >= 11 is 0. The molecule has 0 radical (unpaired) electrons. The molecule has 18 heavy (non-hydrogen) atoms. The van der Waals surface area contributed by atoms with Crippen LogP contribution in [-0.4, -0.2) is 40.1 Å². The molecule has 0 amide bonds. The number of hydrogen-bond donors (Lipinski definition) is 1. The van der Waals surface area contributed by atoms with Gasteiger partial charge in [0.05, 0.1) is 5.69 Å². The van der Waals surface area contributed by atoms with Crippen molar-refractivity contribution in [2.24, 2.45) is 0 Å². The molecule has 1 N–H and O–H groups in total. The van der Waals surface area contributed by atoms with Crippen LogP contribution in [0.4, 0.5) is 5.95 Å². The Morgan fingerprint density at radius 3 is 3.06 bits per heavy atom. The van der Waals surface area contributed by atoms with Crippen LogP contribution in [-0.2, 0) is 6.54 Å². The minimum absolute atomic E-state index is 0.529. The van der Waals surface area contributed by atoms with Crippen molar-refractivity contribution in [1.29, 1.82) is 0 Å². The maximum atomic E-state index is 4.56. The molecule has 4 heteroatoms. The van der Waals surface area contributed by atoms with E-state index in [2.05, 4.69) is 46.5 Å². The lowest BCUT2D eigenvalue weighted by molar-refractivity contribution is 0.189. The number of imidazole rings is 1. The highest BCUT2D eigenvalue weighted by Crippen LogP contribution is 2.19. The van der Waals surface area contributed by atoms with Crippen LogP contribution in [0.15, 0.2) is 18.9 Å². The van der Waals surface area contributed by atoms with E-state index in [9.17, 15) is 0 Å². The quantitative estimate of drug-likeness (QED) is 0.830. The number of allylic oxidation sites excluding steroid dienone is 1. The predicted octanol–water partition coefficient (Wildman–Crippen LogP) is 2.27. The monoisotopic (exact) mass is 248 g/mol. The Hall–Kier alpha value is -1.29. The number of likely N-dealkylation sites (tertiary alicyclic amines) is 1. The van der Waals surface area contributed by atoms with Gasteiger partial charge in [-0.3, -0.25) is 0 Å². The Morgan fingerprint density at radius 2 is 2.39 bits per heavy atom. The van der Waals surface area contributed by atoms with E-state index in [4.69, 9.17) is 0 Å². The molecule has 4 nitrogen and oxygen atoms in total. The van der Waals surface area contributed by atoms with Crippen molar-refractivity contribution in [1.82, 2.24) is 14.5 Å². The molecule has 100 valence electrons. The fourth-order valence-corrected chi connectivity index (χ4v) is 2.54. The van der Waals surface area contributed by atoms with Crippen molar-refractivity contribution in [3.05, 3.63) is 24.5 Å². The summed E-state index contributed by atoms with van der Waals surface area (Å²) in [5.41, 5.74) is 1.06. The average Bonchev–Trinajstić information content (AvgIpc) is 2.65. The number of anilines is 1. The van der Waals surface area contributed by atoms with E-state index in [0.717, 1.165) is 24.7 Å². The normalized spacial score (nSPS) is 25.1. The van der Waals surface area contributed by atoms with Crippen LogP contribution in [0.2, 0.25) is 0 Å². The Kier molecular flexibility index (Phi) is 4.07. The minimum Gasteiger partial charge on any atom is -0.353 e. The lowest BCUT2D eigenvalue weighted by Crippen LogP contribution is -2.43. The number of aromatic nitrogens is 2. The van der Waals surface area contributed by atoms with Gasteiger partial charge in [0, 0.05) is 31.4 Å². The fourth-order valence-electron chi connectivity index (χ4n) is 2.54. The number of nitrogens with one attached hydrogen (secondary N) is 1. The number of aryl methyl sites for hydroxylation is 1. The smallest absolute Gasteiger partial charge is 0.203 e. The van der Waals surface area contributed by atoms with Crippen LogP contribution < -0.4 is 5.32 Å². The van der Waals surface area contributed by atoms with Crippen LogP contribution in [0.25, 0.3) is 0 Å². The van der Waals surface area contributed by atoms with Gasteiger partial charge in [0.15, 0.2) is 0 Å². The standard InChI is InChI=1S/C14H24N4/c1-5-7-18-10-11(2)15-14(18)16-13-6-8-17(4)12(3)9-13/h5,10,12-13H,1,6-9H2,2-4H3,(H,15,16). The molecule has 1 saturated heterocycles. The third-order valence-electron chi connectivity index (χ3n) is 3.76. The van der Waals surface area contributed by atoms with E-state index in [1.165, 1.54) is 12.8 Å². The topological polar surface area (TPSA) is 33.1 Å². The molecule has 2 unspecified atom stereocenters. The highest BCUT2D eigenvalue weighted by Gasteiger charge is 2.23. The van der Waals surface area contributed by atoms with Crippen LogP contribution in [0.3, 0.4) is 0 Å². The van der Waals surface area contributed by atoms with Crippen molar-refractivity contribution in [2.75, 3.05) is 18.9 Å². The van der Waals surface area contributed by atoms with E-state index in [-0.39, 0.29) is 0 Å². The van der Waals surface area contributed by atoms with E-state index in [1.54, 1.807) is 0 Å². The lowest BCUT2D eigenvalue weighted by Gasteiger charge is -2.35. The van der Waals surface area contributed by atoms with E-state index >= 15 is 0 Å². The van der Waals surface area contributed by atoms with E-state index in [0.29, 0.717) is 12.1 Å². The van der Waals surface area contributed by atoms with Gasteiger partial charge in [0.1, 0.15) is 0 Å².